The van der Waals surface area contributed by atoms with Crippen LogP contribution in [-0.2, 0) is 28.2 Å². The SMILES string of the molecule is CCCCCCCC/C=C\CCCCCCCC(=O)OC[C@H](COP(=O)(O)O)OC(=O)CCCCCC[C@@H]1[C@@H](/C=C/[C@@H](O)CCCCC)[C@H](O)C[C@@H]1O. The molecule has 0 radical (unpaired) electrons. The van der Waals surface area contributed by atoms with E-state index < -0.39 is 50.8 Å². The fourth-order valence-electron chi connectivity index (χ4n) is 6.88. The first-order valence-electron chi connectivity index (χ1n) is 20.9. The molecule has 0 aromatic heterocycles. The normalized spacial score (nSPS) is 20.4. The molecule has 0 saturated heterocycles. The van der Waals surface area contributed by atoms with Crippen LogP contribution in [0.25, 0.3) is 0 Å². The van der Waals surface area contributed by atoms with E-state index >= 15 is 0 Å². The molecular weight excluding hydrogens is 699 g/mol. The van der Waals surface area contributed by atoms with Gasteiger partial charge in [0.1, 0.15) is 6.61 Å². The zero-order valence-electron chi connectivity index (χ0n) is 33.0. The maximum atomic E-state index is 12.5. The molecule has 0 amide bonds. The summed E-state index contributed by atoms with van der Waals surface area (Å²) in [4.78, 5) is 43.1. The highest BCUT2D eigenvalue weighted by Crippen LogP contribution is 2.38. The molecule has 5 N–H and O–H groups in total. The third-order valence-corrected chi connectivity index (χ3v) is 10.5. The minimum absolute atomic E-state index is 0.0846. The van der Waals surface area contributed by atoms with Crippen LogP contribution in [0.3, 0.4) is 0 Å². The van der Waals surface area contributed by atoms with Crippen molar-refractivity contribution in [3.8, 4) is 0 Å². The lowest BCUT2D eigenvalue weighted by Crippen LogP contribution is -2.29. The number of phosphoric acid groups is 1. The van der Waals surface area contributed by atoms with Crippen LogP contribution >= 0.6 is 7.82 Å². The van der Waals surface area contributed by atoms with Gasteiger partial charge < -0.3 is 34.6 Å². The maximum absolute atomic E-state index is 12.5. The van der Waals surface area contributed by atoms with Crippen molar-refractivity contribution < 1.29 is 53.3 Å². The summed E-state index contributed by atoms with van der Waals surface area (Å²) in [5.74, 6) is -1.33. The first-order chi connectivity index (χ1) is 25.5. The minimum atomic E-state index is -4.81. The van der Waals surface area contributed by atoms with Crippen molar-refractivity contribution in [1.82, 2.24) is 0 Å². The Morgan fingerprint density at radius 2 is 1.26 bits per heavy atom. The number of unbranched alkanes of at least 4 members (excludes halogenated alkanes) is 16. The van der Waals surface area contributed by atoms with Crippen LogP contribution in [0.5, 0.6) is 0 Å². The number of allylic oxidation sites excluding steroid dienone is 2. The highest BCUT2D eigenvalue weighted by molar-refractivity contribution is 7.46. The molecule has 0 bridgehead atoms. The van der Waals surface area contributed by atoms with Crippen molar-refractivity contribution in [2.45, 2.75) is 199 Å². The van der Waals surface area contributed by atoms with Crippen molar-refractivity contribution in [2.24, 2.45) is 11.8 Å². The number of carbonyl (C=O) groups is 2. The van der Waals surface area contributed by atoms with E-state index in [0.29, 0.717) is 32.1 Å². The first-order valence-corrected chi connectivity index (χ1v) is 22.4. The highest BCUT2D eigenvalue weighted by atomic mass is 31.2. The quantitative estimate of drug-likeness (QED) is 0.0183. The molecule has 12 heteroatoms. The molecule has 1 fully saturated rings. The molecular formula is C41H75O11P. The van der Waals surface area contributed by atoms with Gasteiger partial charge in [0, 0.05) is 25.2 Å². The van der Waals surface area contributed by atoms with Crippen LogP contribution < -0.4 is 0 Å². The van der Waals surface area contributed by atoms with E-state index in [1.54, 1.807) is 6.08 Å². The number of rotatable bonds is 34. The lowest BCUT2D eigenvalue weighted by molar-refractivity contribution is -0.161. The number of phosphoric ester groups is 1. The molecule has 1 rings (SSSR count). The molecule has 6 atom stereocenters. The molecule has 0 aromatic rings. The first kappa shape index (κ1) is 49.4. The lowest BCUT2D eigenvalue weighted by Gasteiger charge is -2.21. The Bertz CT molecular complexity index is 1030. The van der Waals surface area contributed by atoms with Crippen LogP contribution in [0.4, 0.5) is 0 Å². The van der Waals surface area contributed by atoms with Crippen molar-refractivity contribution in [3.05, 3.63) is 24.3 Å². The van der Waals surface area contributed by atoms with Gasteiger partial charge in [-0.1, -0.05) is 128 Å². The molecule has 0 heterocycles. The second-order valence-corrected chi connectivity index (χ2v) is 16.2. The number of carbonyl (C=O) groups excluding carboxylic acids is 2. The second kappa shape index (κ2) is 31.6. The fraction of sp³-hybridized carbons (Fsp3) is 0.854. The van der Waals surface area contributed by atoms with Gasteiger partial charge in [0.15, 0.2) is 6.10 Å². The van der Waals surface area contributed by atoms with Gasteiger partial charge in [-0.05, 0) is 57.3 Å². The van der Waals surface area contributed by atoms with Crippen molar-refractivity contribution in [2.75, 3.05) is 13.2 Å². The molecule has 1 aliphatic rings. The summed E-state index contributed by atoms with van der Waals surface area (Å²) in [6, 6.07) is 0. The fourth-order valence-corrected chi connectivity index (χ4v) is 7.24. The van der Waals surface area contributed by atoms with Gasteiger partial charge >= 0.3 is 19.8 Å². The summed E-state index contributed by atoms with van der Waals surface area (Å²) < 4.78 is 26.4. The second-order valence-electron chi connectivity index (χ2n) is 14.9. The highest BCUT2D eigenvalue weighted by Gasteiger charge is 2.39. The Morgan fingerprint density at radius 1 is 0.717 bits per heavy atom. The molecule has 0 aliphatic heterocycles. The number of aliphatic hydroxyl groups excluding tert-OH is 3. The average Bonchev–Trinajstić information content (AvgIpc) is 3.38. The van der Waals surface area contributed by atoms with Gasteiger partial charge in [-0.3, -0.25) is 14.1 Å². The van der Waals surface area contributed by atoms with Crippen molar-refractivity contribution in [3.63, 3.8) is 0 Å². The third kappa shape index (κ3) is 27.6. The van der Waals surface area contributed by atoms with E-state index in [9.17, 15) is 29.5 Å². The topological polar surface area (TPSA) is 180 Å². The molecule has 1 aliphatic carbocycles. The van der Waals surface area contributed by atoms with Gasteiger partial charge in [-0.25, -0.2) is 4.57 Å². The maximum Gasteiger partial charge on any atom is 0.469 e. The summed E-state index contributed by atoms with van der Waals surface area (Å²) in [5.41, 5.74) is 0. The molecule has 11 nitrogen and oxygen atoms in total. The lowest BCUT2D eigenvalue weighted by atomic mass is 9.88. The molecule has 310 valence electrons. The van der Waals surface area contributed by atoms with Crippen LogP contribution in [-0.4, -0.2) is 74.7 Å². The van der Waals surface area contributed by atoms with E-state index in [4.69, 9.17) is 19.3 Å². The molecule has 53 heavy (non-hydrogen) atoms. The summed E-state index contributed by atoms with van der Waals surface area (Å²) in [5, 5.41) is 31.2. The number of ether oxygens (including phenoxy) is 2. The number of aliphatic hydroxyl groups is 3. The molecule has 0 spiro atoms. The van der Waals surface area contributed by atoms with Crippen LogP contribution in [0.2, 0.25) is 0 Å². The summed E-state index contributed by atoms with van der Waals surface area (Å²) >= 11 is 0. The van der Waals surface area contributed by atoms with Crippen LogP contribution in [0.15, 0.2) is 24.3 Å². The van der Waals surface area contributed by atoms with Gasteiger partial charge in [0.05, 0.1) is 24.9 Å². The zero-order valence-corrected chi connectivity index (χ0v) is 33.9. The molecule has 0 unspecified atom stereocenters. The molecule has 0 aromatic carbocycles. The summed E-state index contributed by atoms with van der Waals surface area (Å²) in [7, 11) is -4.81. The smallest absolute Gasteiger partial charge is 0.462 e. The number of hydrogen-bond donors (Lipinski definition) is 5. The van der Waals surface area contributed by atoms with Crippen LogP contribution in [0.1, 0.15) is 174 Å². The van der Waals surface area contributed by atoms with E-state index in [-0.39, 0.29) is 31.3 Å². The van der Waals surface area contributed by atoms with Crippen molar-refractivity contribution in [1.29, 1.82) is 0 Å². The third-order valence-electron chi connectivity index (χ3n) is 10.0. The largest absolute Gasteiger partial charge is 0.469 e. The summed E-state index contributed by atoms with van der Waals surface area (Å²) in [6.07, 6.45) is 28.2. The van der Waals surface area contributed by atoms with Crippen molar-refractivity contribution >= 4 is 19.8 Å². The van der Waals surface area contributed by atoms with Crippen LogP contribution in [0, 0.1) is 11.8 Å². The minimum Gasteiger partial charge on any atom is -0.462 e. The van der Waals surface area contributed by atoms with E-state index in [0.717, 1.165) is 77.0 Å². The summed E-state index contributed by atoms with van der Waals surface area (Å²) in [6.45, 7) is 3.40. The van der Waals surface area contributed by atoms with E-state index in [2.05, 4.69) is 30.5 Å². The Morgan fingerprint density at radius 3 is 1.89 bits per heavy atom. The predicted octanol–water partition coefficient (Wildman–Crippen LogP) is 8.78. The average molecular weight is 775 g/mol. The Labute approximate surface area is 320 Å². The Hall–Kier alpha value is -1.59. The Balaban J connectivity index is 2.28. The Kier molecular flexibility index (Phi) is 29.5. The monoisotopic (exact) mass is 775 g/mol. The van der Waals surface area contributed by atoms with Gasteiger partial charge in [0.25, 0.3) is 0 Å². The molecule has 1 saturated carbocycles. The number of hydrogen-bond acceptors (Lipinski definition) is 9. The standard InChI is InChI=1S/C41H75O11P/c1-3-5-7-8-9-10-11-12-13-14-15-16-17-18-23-27-40(45)50-32-35(33-51-53(47,48)49)52-41(46)28-24-20-19-22-26-36-37(39(44)31-38(36)43)30-29-34(42)25-21-6-4-2/h12-13,29-30,34-39,42-44H,3-11,14-28,31-33H2,1-2H3,(H2,47,48,49)/b13-12-,30-29+/t34-,35+,36+,37+,38-,39+/m0/s1. The van der Waals surface area contributed by atoms with Gasteiger partial charge in [-0.2, -0.15) is 0 Å². The van der Waals surface area contributed by atoms with Gasteiger partial charge in [-0.15, -0.1) is 0 Å². The van der Waals surface area contributed by atoms with E-state index in [1.165, 1.54) is 38.5 Å². The number of esters is 2. The van der Waals surface area contributed by atoms with Gasteiger partial charge in [0.2, 0.25) is 0 Å². The zero-order chi connectivity index (χ0) is 39.2. The van der Waals surface area contributed by atoms with E-state index in [1.807, 2.05) is 6.08 Å². The predicted molar refractivity (Wildman–Crippen MR) is 209 cm³/mol.